The average molecular weight is 336 g/mol. The smallest absolute Gasteiger partial charge is 0.254 e. The van der Waals surface area contributed by atoms with Crippen LogP contribution in [0.5, 0.6) is 0 Å². The van der Waals surface area contributed by atoms with E-state index in [9.17, 15) is 13.2 Å². The van der Waals surface area contributed by atoms with Crippen LogP contribution in [0.15, 0.2) is 40.6 Å². The third-order valence-corrected chi connectivity index (χ3v) is 6.23. The maximum Gasteiger partial charge on any atom is 0.254 e. The van der Waals surface area contributed by atoms with Gasteiger partial charge in [-0.05, 0) is 54.7 Å². The van der Waals surface area contributed by atoms with E-state index in [1.165, 1.54) is 29.6 Å². The molecule has 0 spiro atoms. The minimum atomic E-state index is -3.47. The second kappa shape index (κ2) is 5.83. The summed E-state index contributed by atoms with van der Waals surface area (Å²) in [6, 6.07) is 8.10. The molecule has 0 atom stereocenters. The van der Waals surface area contributed by atoms with Crippen LogP contribution in [-0.4, -0.2) is 32.8 Å². The number of thiophene rings is 1. The van der Waals surface area contributed by atoms with Gasteiger partial charge in [-0.15, -0.1) is 11.3 Å². The van der Waals surface area contributed by atoms with Crippen LogP contribution in [0.2, 0.25) is 0 Å². The Labute approximate surface area is 133 Å². The molecule has 1 aromatic heterocycles. The predicted octanol–water partition coefficient (Wildman–Crippen LogP) is 1.85. The Morgan fingerprint density at radius 3 is 2.64 bits per heavy atom. The summed E-state index contributed by atoms with van der Waals surface area (Å²) < 4.78 is 25.6. The number of carbonyl (C=O) groups is 1. The summed E-state index contributed by atoms with van der Waals surface area (Å²) in [4.78, 5) is 15.8. The third kappa shape index (κ3) is 2.79. The molecular weight excluding hydrogens is 320 g/mol. The molecule has 5 nitrogen and oxygen atoms in total. The van der Waals surface area contributed by atoms with Crippen LogP contribution >= 0.6 is 11.3 Å². The lowest BCUT2D eigenvalue weighted by Crippen LogP contribution is -2.35. The van der Waals surface area contributed by atoms with E-state index < -0.39 is 10.0 Å². The standard InChI is InChI=1S/C15H16N2O3S2/c1-16-22(19,20)13-4-2-11(3-5-13)15(18)17-8-6-14-12(10-17)7-9-21-14/h2-5,7,9,16H,6,8,10H2,1H3. The van der Waals surface area contributed by atoms with Crippen molar-refractivity contribution in [1.29, 1.82) is 0 Å². The third-order valence-electron chi connectivity index (χ3n) is 3.78. The molecule has 22 heavy (non-hydrogen) atoms. The molecule has 0 radical (unpaired) electrons. The van der Waals surface area contributed by atoms with Gasteiger partial charge < -0.3 is 4.90 Å². The number of rotatable bonds is 3. The highest BCUT2D eigenvalue weighted by molar-refractivity contribution is 7.89. The fourth-order valence-electron chi connectivity index (χ4n) is 2.50. The van der Waals surface area contributed by atoms with Gasteiger partial charge in [-0.1, -0.05) is 0 Å². The maximum absolute atomic E-state index is 12.5. The van der Waals surface area contributed by atoms with Crippen LogP contribution in [-0.2, 0) is 23.0 Å². The summed E-state index contributed by atoms with van der Waals surface area (Å²) in [5.41, 5.74) is 1.72. The molecule has 0 saturated carbocycles. The molecular formula is C15H16N2O3S2. The van der Waals surface area contributed by atoms with Crippen LogP contribution in [0.4, 0.5) is 0 Å². The number of fused-ring (bicyclic) bond motifs is 1. The van der Waals surface area contributed by atoms with Gasteiger partial charge in [0.1, 0.15) is 0 Å². The molecule has 0 unspecified atom stereocenters. The Morgan fingerprint density at radius 1 is 1.23 bits per heavy atom. The Kier molecular flexibility index (Phi) is 4.03. The van der Waals surface area contributed by atoms with Gasteiger partial charge in [0.15, 0.2) is 0 Å². The summed E-state index contributed by atoms with van der Waals surface area (Å²) in [6.45, 7) is 1.32. The molecule has 2 aromatic rings. The summed E-state index contributed by atoms with van der Waals surface area (Å²) in [7, 11) is -2.11. The van der Waals surface area contributed by atoms with Gasteiger partial charge >= 0.3 is 0 Å². The van der Waals surface area contributed by atoms with Crippen molar-refractivity contribution in [3.8, 4) is 0 Å². The molecule has 1 N–H and O–H groups in total. The quantitative estimate of drug-likeness (QED) is 0.930. The van der Waals surface area contributed by atoms with Gasteiger partial charge in [0.05, 0.1) is 4.90 Å². The first kappa shape index (κ1) is 15.2. The van der Waals surface area contributed by atoms with Crippen molar-refractivity contribution in [1.82, 2.24) is 9.62 Å². The highest BCUT2D eigenvalue weighted by Gasteiger charge is 2.22. The fraction of sp³-hybridized carbons (Fsp3) is 0.267. The minimum absolute atomic E-state index is 0.0646. The van der Waals surface area contributed by atoms with Crippen molar-refractivity contribution in [3.63, 3.8) is 0 Å². The second-order valence-electron chi connectivity index (χ2n) is 5.08. The van der Waals surface area contributed by atoms with E-state index in [4.69, 9.17) is 0 Å². The molecule has 2 heterocycles. The van der Waals surface area contributed by atoms with E-state index in [-0.39, 0.29) is 10.8 Å². The van der Waals surface area contributed by atoms with E-state index in [2.05, 4.69) is 16.2 Å². The van der Waals surface area contributed by atoms with Gasteiger partial charge in [-0.3, -0.25) is 4.79 Å². The summed E-state index contributed by atoms with van der Waals surface area (Å²) in [5, 5.41) is 2.05. The molecule has 0 saturated heterocycles. The van der Waals surface area contributed by atoms with Crippen molar-refractivity contribution < 1.29 is 13.2 Å². The van der Waals surface area contributed by atoms with Crippen LogP contribution in [0.25, 0.3) is 0 Å². The fourth-order valence-corrected chi connectivity index (χ4v) is 4.12. The normalized spacial score (nSPS) is 14.7. The molecule has 1 amide bonds. The van der Waals surface area contributed by atoms with E-state index in [1.54, 1.807) is 28.4 Å². The van der Waals surface area contributed by atoms with Crippen LogP contribution in [0.1, 0.15) is 20.8 Å². The molecule has 1 aliphatic heterocycles. The van der Waals surface area contributed by atoms with Crippen LogP contribution < -0.4 is 4.72 Å². The lowest BCUT2D eigenvalue weighted by atomic mass is 10.1. The number of nitrogens with zero attached hydrogens (tertiary/aromatic N) is 1. The van der Waals surface area contributed by atoms with E-state index in [0.29, 0.717) is 18.7 Å². The summed E-state index contributed by atoms with van der Waals surface area (Å²) in [6.07, 6.45) is 0.880. The molecule has 1 aromatic carbocycles. The number of nitrogens with one attached hydrogen (secondary N) is 1. The number of hydrogen-bond donors (Lipinski definition) is 1. The summed E-state index contributed by atoms with van der Waals surface area (Å²) in [5.74, 6) is -0.0646. The highest BCUT2D eigenvalue weighted by atomic mass is 32.2. The monoisotopic (exact) mass is 336 g/mol. The lowest BCUT2D eigenvalue weighted by molar-refractivity contribution is 0.0736. The van der Waals surface area contributed by atoms with Gasteiger partial charge in [0.25, 0.3) is 5.91 Å². The topological polar surface area (TPSA) is 66.5 Å². The number of hydrogen-bond acceptors (Lipinski definition) is 4. The van der Waals surface area contributed by atoms with Crippen molar-refractivity contribution in [2.75, 3.05) is 13.6 Å². The largest absolute Gasteiger partial charge is 0.334 e. The molecule has 7 heteroatoms. The Bertz CT molecular complexity index is 794. The molecule has 0 aliphatic carbocycles. The molecule has 116 valence electrons. The second-order valence-corrected chi connectivity index (χ2v) is 7.96. The highest BCUT2D eigenvalue weighted by Crippen LogP contribution is 2.25. The average Bonchev–Trinajstić information content (AvgIpc) is 3.02. The van der Waals surface area contributed by atoms with Gasteiger partial charge in [-0.25, -0.2) is 13.1 Å². The number of sulfonamides is 1. The van der Waals surface area contributed by atoms with Crippen molar-refractivity contribution in [3.05, 3.63) is 51.7 Å². The molecule has 1 aliphatic rings. The molecule has 0 fully saturated rings. The van der Waals surface area contributed by atoms with Crippen LogP contribution in [0, 0.1) is 0 Å². The van der Waals surface area contributed by atoms with Crippen molar-refractivity contribution in [2.24, 2.45) is 0 Å². The number of benzene rings is 1. The number of amides is 1. The minimum Gasteiger partial charge on any atom is -0.334 e. The summed E-state index contributed by atoms with van der Waals surface area (Å²) >= 11 is 1.73. The Balaban J connectivity index is 1.79. The number of carbonyl (C=O) groups excluding carboxylic acids is 1. The predicted molar refractivity (Wildman–Crippen MR) is 85.5 cm³/mol. The van der Waals surface area contributed by atoms with E-state index in [0.717, 1.165) is 6.42 Å². The first-order valence-corrected chi connectivity index (χ1v) is 9.25. The zero-order chi connectivity index (χ0) is 15.7. The zero-order valence-corrected chi connectivity index (χ0v) is 13.7. The molecule has 0 bridgehead atoms. The zero-order valence-electron chi connectivity index (χ0n) is 12.1. The lowest BCUT2D eigenvalue weighted by Gasteiger charge is -2.27. The first-order chi connectivity index (χ1) is 10.5. The molecule has 3 rings (SSSR count). The van der Waals surface area contributed by atoms with Gasteiger partial charge in [0, 0.05) is 23.5 Å². The van der Waals surface area contributed by atoms with Crippen molar-refractivity contribution in [2.45, 2.75) is 17.9 Å². The Hall–Kier alpha value is -1.70. The van der Waals surface area contributed by atoms with Gasteiger partial charge in [-0.2, -0.15) is 0 Å². The SMILES string of the molecule is CNS(=O)(=O)c1ccc(C(=O)N2CCc3sccc3C2)cc1. The Morgan fingerprint density at radius 2 is 1.95 bits per heavy atom. The first-order valence-electron chi connectivity index (χ1n) is 6.89. The maximum atomic E-state index is 12.5. The van der Waals surface area contributed by atoms with Crippen molar-refractivity contribution >= 4 is 27.3 Å². The van der Waals surface area contributed by atoms with E-state index in [1.807, 2.05) is 0 Å². The van der Waals surface area contributed by atoms with E-state index >= 15 is 0 Å². The van der Waals surface area contributed by atoms with Crippen LogP contribution in [0.3, 0.4) is 0 Å². The van der Waals surface area contributed by atoms with Gasteiger partial charge in [0.2, 0.25) is 10.0 Å².